The molecule has 1 N–H and O–H groups in total. The van der Waals surface area contributed by atoms with Gasteiger partial charge in [0.1, 0.15) is 0 Å². The molecule has 1 saturated carbocycles. The molecule has 2 aliphatic rings. The Hall–Kier alpha value is -1.42. The zero-order valence-electron chi connectivity index (χ0n) is 12.9. The highest BCUT2D eigenvalue weighted by atomic mass is 16.3. The van der Waals surface area contributed by atoms with E-state index in [0.29, 0.717) is 25.3 Å². The fraction of sp³-hybridized carbons (Fsp3) is 0.647. The van der Waals surface area contributed by atoms with Crippen molar-refractivity contribution in [3.63, 3.8) is 0 Å². The van der Waals surface area contributed by atoms with Gasteiger partial charge in [0.05, 0.1) is 12.5 Å². The topological polar surface area (TPSA) is 53.4 Å². The van der Waals surface area contributed by atoms with Gasteiger partial charge >= 0.3 is 0 Å². The minimum absolute atomic E-state index is 0.198. The van der Waals surface area contributed by atoms with Crippen molar-refractivity contribution < 1.29 is 9.90 Å². The van der Waals surface area contributed by atoms with Gasteiger partial charge in [-0.2, -0.15) is 0 Å². The number of aliphatic hydroxyl groups excluding tert-OH is 1. The number of aryl methyl sites for hydroxylation is 2. The van der Waals surface area contributed by atoms with Gasteiger partial charge in [-0.05, 0) is 63.1 Å². The zero-order chi connectivity index (χ0) is 15.0. The molecule has 2 fully saturated rings. The van der Waals surface area contributed by atoms with Crippen LogP contribution in [0.15, 0.2) is 12.1 Å². The van der Waals surface area contributed by atoms with Gasteiger partial charge in [-0.15, -0.1) is 0 Å². The average molecular weight is 288 g/mol. The summed E-state index contributed by atoms with van der Waals surface area (Å²) in [6.07, 6.45) is 4.09. The third-order valence-corrected chi connectivity index (χ3v) is 4.60. The molecule has 1 saturated heterocycles. The first kappa shape index (κ1) is 14.5. The number of pyridine rings is 1. The highest BCUT2D eigenvalue weighted by molar-refractivity contribution is 5.79. The third kappa shape index (κ3) is 3.43. The summed E-state index contributed by atoms with van der Waals surface area (Å²) in [6.45, 7) is 4.63. The number of aromatic nitrogens is 1. The first-order chi connectivity index (χ1) is 10.0. The summed E-state index contributed by atoms with van der Waals surface area (Å²) < 4.78 is 0. The summed E-state index contributed by atoms with van der Waals surface area (Å²) >= 11 is 0. The Labute approximate surface area is 126 Å². The van der Waals surface area contributed by atoms with Crippen molar-refractivity contribution in [3.8, 4) is 0 Å². The van der Waals surface area contributed by atoms with Gasteiger partial charge in [0.15, 0.2) is 0 Å². The fourth-order valence-electron chi connectivity index (χ4n) is 3.51. The summed E-state index contributed by atoms with van der Waals surface area (Å²) in [5.41, 5.74) is 2.97. The Morgan fingerprint density at radius 2 is 1.95 bits per heavy atom. The average Bonchev–Trinajstić information content (AvgIpc) is 3.21. The molecule has 2 heterocycles. The van der Waals surface area contributed by atoms with E-state index in [9.17, 15) is 9.90 Å². The Bertz CT molecular complexity index is 519. The van der Waals surface area contributed by atoms with Gasteiger partial charge in [0.2, 0.25) is 5.91 Å². The lowest BCUT2D eigenvalue weighted by molar-refractivity contribution is -0.136. The van der Waals surface area contributed by atoms with Crippen molar-refractivity contribution >= 4 is 5.91 Å². The predicted molar refractivity (Wildman–Crippen MR) is 80.9 cm³/mol. The molecule has 0 spiro atoms. The van der Waals surface area contributed by atoms with Crippen LogP contribution in [0.25, 0.3) is 0 Å². The van der Waals surface area contributed by atoms with E-state index < -0.39 is 0 Å². The maximum absolute atomic E-state index is 12.7. The molecular formula is C17H24N2O2. The molecule has 3 rings (SSSR count). The first-order valence-corrected chi connectivity index (χ1v) is 7.94. The Morgan fingerprint density at radius 3 is 2.57 bits per heavy atom. The molecule has 1 aromatic rings. The van der Waals surface area contributed by atoms with Crippen molar-refractivity contribution in [1.29, 1.82) is 0 Å². The molecule has 0 aromatic carbocycles. The third-order valence-electron chi connectivity index (χ3n) is 4.60. The second kappa shape index (κ2) is 5.76. The number of hydrogen-bond donors (Lipinski definition) is 1. The van der Waals surface area contributed by atoms with E-state index in [-0.39, 0.29) is 18.1 Å². The van der Waals surface area contributed by atoms with E-state index in [1.54, 1.807) is 0 Å². The van der Waals surface area contributed by atoms with Crippen LogP contribution in [0, 0.1) is 19.8 Å². The van der Waals surface area contributed by atoms with Crippen molar-refractivity contribution in [3.05, 3.63) is 29.1 Å². The van der Waals surface area contributed by atoms with Gasteiger partial charge < -0.3 is 10.0 Å². The van der Waals surface area contributed by atoms with E-state index >= 15 is 0 Å². The van der Waals surface area contributed by atoms with Crippen LogP contribution in [0.1, 0.15) is 42.6 Å². The molecule has 1 aliphatic heterocycles. The van der Waals surface area contributed by atoms with Gasteiger partial charge in [-0.1, -0.05) is 0 Å². The molecule has 0 unspecified atom stereocenters. The van der Waals surface area contributed by atoms with E-state index in [1.165, 1.54) is 12.8 Å². The number of likely N-dealkylation sites (tertiary alicyclic amines) is 1. The molecule has 1 aliphatic carbocycles. The molecular weight excluding hydrogens is 264 g/mol. The van der Waals surface area contributed by atoms with E-state index in [0.717, 1.165) is 23.4 Å². The Balaban J connectivity index is 1.71. The van der Waals surface area contributed by atoms with Crippen LogP contribution < -0.4 is 0 Å². The summed E-state index contributed by atoms with van der Waals surface area (Å²) in [5.74, 6) is 0.814. The SMILES string of the molecule is Cc1cc(CC(=O)N2CC[C@H](O)C[C@@H]2C2CC2)cc(C)n1. The van der Waals surface area contributed by atoms with Crippen molar-refractivity contribution in [2.75, 3.05) is 6.54 Å². The van der Waals surface area contributed by atoms with Gasteiger partial charge in [0.25, 0.3) is 0 Å². The first-order valence-electron chi connectivity index (χ1n) is 7.94. The minimum atomic E-state index is -0.231. The van der Waals surface area contributed by atoms with Gasteiger partial charge in [-0.25, -0.2) is 0 Å². The largest absolute Gasteiger partial charge is 0.393 e. The quantitative estimate of drug-likeness (QED) is 0.925. The smallest absolute Gasteiger partial charge is 0.227 e. The summed E-state index contributed by atoms with van der Waals surface area (Å²) in [5, 5.41) is 9.87. The van der Waals surface area contributed by atoms with Gasteiger partial charge in [-0.3, -0.25) is 9.78 Å². The van der Waals surface area contributed by atoms with Crippen LogP contribution in [0.3, 0.4) is 0 Å². The van der Waals surface area contributed by atoms with Crippen molar-refractivity contribution in [1.82, 2.24) is 9.88 Å². The second-order valence-corrected chi connectivity index (χ2v) is 6.61. The predicted octanol–water partition coefficient (Wildman–Crippen LogP) is 2.00. The summed E-state index contributed by atoms with van der Waals surface area (Å²) in [7, 11) is 0. The summed E-state index contributed by atoms with van der Waals surface area (Å²) in [4.78, 5) is 19.0. The molecule has 4 heteroatoms. The fourth-order valence-corrected chi connectivity index (χ4v) is 3.51. The number of rotatable bonds is 3. The van der Waals surface area contributed by atoms with E-state index in [2.05, 4.69) is 4.98 Å². The maximum Gasteiger partial charge on any atom is 0.227 e. The second-order valence-electron chi connectivity index (χ2n) is 6.61. The van der Waals surface area contributed by atoms with Crippen LogP contribution >= 0.6 is 0 Å². The summed E-state index contributed by atoms with van der Waals surface area (Å²) in [6, 6.07) is 4.25. The highest BCUT2D eigenvalue weighted by Gasteiger charge is 2.40. The normalized spacial score (nSPS) is 26.0. The molecule has 0 bridgehead atoms. The Kier molecular flexibility index (Phi) is 3.98. The number of carbonyl (C=O) groups excluding carboxylic acids is 1. The number of nitrogens with zero attached hydrogens (tertiary/aromatic N) is 2. The van der Waals surface area contributed by atoms with Gasteiger partial charge in [0, 0.05) is 24.0 Å². The molecule has 1 amide bonds. The van der Waals surface area contributed by atoms with Crippen LogP contribution in [0.2, 0.25) is 0 Å². The lowest BCUT2D eigenvalue weighted by Crippen LogP contribution is -2.49. The van der Waals surface area contributed by atoms with E-state index in [1.807, 2.05) is 30.9 Å². The molecule has 114 valence electrons. The van der Waals surface area contributed by atoms with Crippen molar-refractivity contribution in [2.45, 2.75) is 58.1 Å². The lowest BCUT2D eigenvalue weighted by Gasteiger charge is -2.38. The minimum Gasteiger partial charge on any atom is -0.393 e. The maximum atomic E-state index is 12.7. The number of amides is 1. The number of aliphatic hydroxyl groups is 1. The van der Waals surface area contributed by atoms with E-state index in [4.69, 9.17) is 0 Å². The molecule has 0 radical (unpaired) electrons. The zero-order valence-corrected chi connectivity index (χ0v) is 12.9. The molecule has 2 atom stereocenters. The van der Waals surface area contributed by atoms with Crippen LogP contribution in [0.5, 0.6) is 0 Å². The van der Waals surface area contributed by atoms with Crippen LogP contribution in [-0.2, 0) is 11.2 Å². The number of piperidine rings is 1. The van der Waals surface area contributed by atoms with Crippen molar-refractivity contribution in [2.24, 2.45) is 5.92 Å². The van der Waals surface area contributed by atoms with Crippen LogP contribution in [-0.4, -0.2) is 39.6 Å². The highest BCUT2D eigenvalue weighted by Crippen LogP contribution is 2.39. The van der Waals surface area contributed by atoms with Crippen LogP contribution in [0.4, 0.5) is 0 Å². The number of carbonyl (C=O) groups is 1. The lowest BCUT2D eigenvalue weighted by atomic mass is 9.95. The molecule has 4 nitrogen and oxygen atoms in total. The standard InChI is InChI=1S/C17H24N2O2/c1-11-7-13(8-12(2)18-11)9-17(21)19-6-5-15(20)10-16(19)14-3-4-14/h7-8,14-16,20H,3-6,9-10H2,1-2H3/t15-,16+/m0/s1. The monoisotopic (exact) mass is 288 g/mol. The molecule has 1 aromatic heterocycles. The number of hydrogen-bond acceptors (Lipinski definition) is 3. The Morgan fingerprint density at radius 1 is 1.29 bits per heavy atom. The molecule has 21 heavy (non-hydrogen) atoms.